The number of ether oxygens (including phenoxy) is 2. The molecule has 0 unspecified atom stereocenters. The third-order valence-electron chi connectivity index (χ3n) is 5.06. The van der Waals surface area contributed by atoms with Crippen LogP contribution in [0, 0.1) is 11.8 Å². The molecule has 0 spiro atoms. The molecule has 2 aromatic carbocycles. The first-order chi connectivity index (χ1) is 18.0. The Morgan fingerprint density at radius 1 is 0.744 bits per heavy atom. The molecular formula is C28H32CuO10+6. The molecule has 6 N–H and O–H groups in total. The van der Waals surface area contributed by atoms with Crippen molar-refractivity contribution in [3.63, 3.8) is 0 Å². The molecule has 0 aliphatic carbocycles. The van der Waals surface area contributed by atoms with Crippen LogP contribution in [0.4, 0.5) is 0 Å². The van der Waals surface area contributed by atoms with Crippen LogP contribution >= 0.6 is 0 Å². The van der Waals surface area contributed by atoms with Crippen molar-refractivity contribution in [2.45, 2.75) is 27.7 Å². The number of carbonyl (C=O) groups excluding carboxylic acids is 2. The molecule has 11 heteroatoms. The van der Waals surface area contributed by atoms with E-state index in [2.05, 4.69) is 0 Å². The summed E-state index contributed by atoms with van der Waals surface area (Å²) >= 11 is 0. The fourth-order valence-corrected chi connectivity index (χ4v) is 3.36. The Kier molecular flexibility index (Phi) is 10.9. The molecule has 39 heavy (non-hydrogen) atoms. The Morgan fingerprint density at radius 3 is 1.41 bits per heavy atom. The summed E-state index contributed by atoms with van der Waals surface area (Å²) in [5, 5.41) is 34.8. The van der Waals surface area contributed by atoms with Crippen LogP contribution in [-0.2, 0) is 17.1 Å². The molecule has 0 atom stereocenters. The minimum absolute atomic E-state index is 0. The molecule has 209 valence electrons. The van der Waals surface area contributed by atoms with E-state index in [0.29, 0.717) is 58.5 Å². The first-order valence-corrected chi connectivity index (χ1v) is 11.9. The summed E-state index contributed by atoms with van der Waals surface area (Å²) in [6.07, 6.45) is 0. The standard InChI is InChI=1S/2C14H14O5.Cu/c2*1-8(2)7-18-10-4-3-5-11-13(10)9(15)6-12(19-11)14(16)17;/h2*3-6,8H,7H2,1-2H3,(H-,15,16,17);/q;;+2/p+4. The monoisotopic (exact) mass is 591 g/mol. The van der Waals surface area contributed by atoms with Gasteiger partial charge in [0, 0.05) is 12.1 Å². The third kappa shape index (κ3) is 7.95. The van der Waals surface area contributed by atoms with Crippen molar-refractivity contribution in [2.24, 2.45) is 11.8 Å². The fraction of sp³-hybridized carbons (Fsp3) is 0.286. The first-order valence-electron chi connectivity index (χ1n) is 11.9. The van der Waals surface area contributed by atoms with Gasteiger partial charge in [-0.15, -0.1) is 0 Å². The maximum absolute atomic E-state index is 11.0. The molecule has 0 amide bonds. The predicted molar refractivity (Wildman–Crippen MR) is 141 cm³/mol. The van der Waals surface area contributed by atoms with Crippen LogP contribution in [0.3, 0.4) is 0 Å². The number of hydrogen-bond acceptors (Lipinski definition) is 6. The SMILES string of the molecule is CC(C)COc1cccc2[o+]c(C(=O)[OH2+])cc(O)c12.CC(C)COc1cccc2[o+]c(C(=O)[OH2+])cc(O)c12.[Cu+2]. The van der Waals surface area contributed by atoms with Gasteiger partial charge in [-0.25, -0.2) is 0 Å². The Labute approximate surface area is 234 Å². The molecule has 2 aromatic heterocycles. The Hall–Kier alpha value is -4.08. The van der Waals surface area contributed by atoms with Gasteiger partial charge in [-0.2, -0.15) is 8.83 Å². The first kappa shape index (κ1) is 31.1. The maximum Gasteiger partial charge on any atom is 2.00 e. The average Bonchev–Trinajstić information content (AvgIpc) is 2.85. The van der Waals surface area contributed by atoms with Crippen LogP contribution in [-0.4, -0.2) is 45.6 Å². The third-order valence-corrected chi connectivity index (χ3v) is 5.06. The van der Waals surface area contributed by atoms with Crippen molar-refractivity contribution in [2.75, 3.05) is 13.2 Å². The van der Waals surface area contributed by atoms with Gasteiger partial charge in [0.2, 0.25) is 0 Å². The average molecular weight is 592 g/mol. The number of rotatable bonds is 8. The van der Waals surface area contributed by atoms with Gasteiger partial charge in [0.25, 0.3) is 0 Å². The van der Waals surface area contributed by atoms with Gasteiger partial charge in [-0.1, -0.05) is 27.7 Å². The van der Waals surface area contributed by atoms with Gasteiger partial charge < -0.3 is 29.9 Å². The summed E-state index contributed by atoms with van der Waals surface area (Å²) in [6.45, 7) is 9.10. The summed E-state index contributed by atoms with van der Waals surface area (Å²) in [5.41, 5.74) is 0.633. The van der Waals surface area contributed by atoms with E-state index in [4.69, 9.17) is 28.5 Å². The van der Waals surface area contributed by atoms with Crippen LogP contribution < -0.4 is 9.47 Å². The molecular weight excluding hydrogens is 560 g/mol. The number of carbonyl (C=O) groups is 2. The predicted octanol–water partition coefficient (Wildman–Crippen LogP) is 4.64. The molecule has 4 rings (SSSR count). The quantitative estimate of drug-likeness (QED) is 0.221. The molecule has 1 radical (unpaired) electrons. The molecule has 0 saturated carbocycles. The second-order valence-electron chi connectivity index (χ2n) is 9.32. The van der Waals surface area contributed by atoms with Crippen LogP contribution in [0.5, 0.6) is 23.0 Å². The van der Waals surface area contributed by atoms with Gasteiger partial charge in [0.1, 0.15) is 35.1 Å². The Morgan fingerprint density at radius 2 is 1.10 bits per heavy atom. The normalized spacial score (nSPS) is 10.6. The largest absolute Gasteiger partial charge is 2.00 e. The zero-order valence-electron chi connectivity index (χ0n) is 21.8. The number of fused-ring (bicyclic) bond motifs is 2. The molecule has 0 aliphatic rings. The van der Waals surface area contributed by atoms with Crippen LogP contribution in [0.2, 0.25) is 0 Å². The van der Waals surface area contributed by atoms with Crippen molar-refractivity contribution in [3.8, 4) is 23.0 Å². The molecule has 0 bridgehead atoms. The van der Waals surface area contributed by atoms with E-state index in [1.54, 1.807) is 36.4 Å². The summed E-state index contributed by atoms with van der Waals surface area (Å²) < 4.78 is 21.8. The zero-order valence-corrected chi connectivity index (χ0v) is 22.8. The van der Waals surface area contributed by atoms with E-state index in [1.165, 1.54) is 0 Å². The van der Waals surface area contributed by atoms with E-state index in [9.17, 15) is 19.8 Å². The van der Waals surface area contributed by atoms with Crippen molar-refractivity contribution in [1.82, 2.24) is 0 Å². The molecule has 0 saturated heterocycles. The Bertz CT molecular complexity index is 1350. The van der Waals surface area contributed by atoms with Gasteiger partial charge >= 0.3 is 51.7 Å². The summed E-state index contributed by atoms with van der Waals surface area (Å²) in [4.78, 5) is 21.9. The second-order valence-corrected chi connectivity index (χ2v) is 9.32. The topological polar surface area (TPSA) is 161 Å². The van der Waals surface area contributed by atoms with Gasteiger partial charge in [0.15, 0.2) is 10.8 Å². The molecule has 0 aliphatic heterocycles. The minimum Gasteiger partial charge on any atom is -0.554 e. The van der Waals surface area contributed by atoms with Gasteiger partial charge in [-0.05, 0) is 36.1 Å². The molecule has 4 aromatic rings. The van der Waals surface area contributed by atoms with Crippen molar-refractivity contribution < 1.29 is 65.4 Å². The van der Waals surface area contributed by atoms with Gasteiger partial charge in [-0.3, -0.25) is 0 Å². The van der Waals surface area contributed by atoms with Crippen molar-refractivity contribution in [3.05, 3.63) is 60.1 Å². The molecule has 10 nitrogen and oxygen atoms in total. The van der Waals surface area contributed by atoms with E-state index in [1.807, 2.05) is 27.7 Å². The van der Waals surface area contributed by atoms with Crippen LogP contribution in [0.15, 0.2) is 57.4 Å². The minimum atomic E-state index is -0.981. The Balaban J connectivity index is 0.000000267. The van der Waals surface area contributed by atoms with Crippen LogP contribution in [0.1, 0.15) is 48.8 Å². The molecule has 2 heterocycles. The summed E-state index contributed by atoms with van der Waals surface area (Å²) in [6, 6.07) is 12.4. The fourth-order valence-electron chi connectivity index (χ4n) is 3.36. The van der Waals surface area contributed by atoms with Crippen LogP contribution in [0.25, 0.3) is 21.9 Å². The van der Waals surface area contributed by atoms with E-state index < -0.39 is 11.9 Å². The van der Waals surface area contributed by atoms with E-state index in [0.717, 1.165) is 12.1 Å². The van der Waals surface area contributed by atoms with Crippen molar-refractivity contribution in [1.29, 1.82) is 0 Å². The van der Waals surface area contributed by atoms with E-state index in [-0.39, 0.29) is 40.1 Å². The smallest absolute Gasteiger partial charge is 0.554 e. The summed E-state index contributed by atoms with van der Waals surface area (Å²) in [7, 11) is 0. The maximum atomic E-state index is 11.0. The number of hydrogen-bond donors (Lipinski definition) is 2. The number of benzene rings is 2. The summed E-state index contributed by atoms with van der Waals surface area (Å²) in [5.74, 6) is -0.930. The van der Waals surface area contributed by atoms with Gasteiger partial charge in [0.05, 0.1) is 22.8 Å². The molecule has 0 fully saturated rings. The second kappa shape index (κ2) is 13.6. The number of aromatic hydroxyl groups is 2. The van der Waals surface area contributed by atoms with E-state index >= 15 is 0 Å². The zero-order chi connectivity index (χ0) is 28.0. The van der Waals surface area contributed by atoms with Crippen molar-refractivity contribution >= 4 is 33.9 Å².